The number of hydrogen-bond acceptors (Lipinski definition) is 4. The van der Waals surface area contributed by atoms with E-state index in [2.05, 4.69) is 4.98 Å². The van der Waals surface area contributed by atoms with E-state index in [9.17, 15) is 8.42 Å². The van der Waals surface area contributed by atoms with E-state index < -0.39 is 9.05 Å². The summed E-state index contributed by atoms with van der Waals surface area (Å²) < 4.78 is 22.1. The van der Waals surface area contributed by atoms with Crippen molar-refractivity contribution in [3.05, 3.63) is 36.5 Å². The maximum atomic E-state index is 11.0. The minimum atomic E-state index is -3.66. The molecule has 0 fully saturated rings. The fraction of sp³-hybridized carbons (Fsp3) is 0. The number of rotatable bonds is 2. The summed E-state index contributed by atoms with van der Waals surface area (Å²) in [6.07, 6.45) is 1.27. The van der Waals surface area contributed by atoms with E-state index >= 15 is 0 Å². The molecule has 0 radical (unpaired) electrons. The highest BCUT2D eigenvalue weighted by Crippen LogP contribution is 2.29. The van der Waals surface area contributed by atoms with Gasteiger partial charge in [0.05, 0.1) is 6.20 Å². The van der Waals surface area contributed by atoms with Gasteiger partial charge in [0.15, 0.2) is 4.21 Å². The smallest absolute Gasteiger partial charge is 0.243 e. The molecule has 3 nitrogen and oxygen atoms in total. The normalized spacial score (nSPS) is 11.5. The molecule has 1 aromatic heterocycles. The zero-order valence-electron chi connectivity index (χ0n) is 7.42. The lowest BCUT2D eigenvalue weighted by Crippen LogP contribution is -1.83. The summed E-state index contributed by atoms with van der Waals surface area (Å²) in [7, 11) is 1.54. The first-order chi connectivity index (χ1) is 7.07. The van der Waals surface area contributed by atoms with E-state index in [0.29, 0.717) is 5.01 Å². The summed E-state index contributed by atoms with van der Waals surface area (Å²) in [5.41, 5.74) is 0.883. The number of hydrogen-bond donors (Lipinski definition) is 0. The molecule has 0 spiro atoms. The second-order valence-electron chi connectivity index (χ2n) is 2.79. The predicted molar refractivity (Wildman–Crippen MR) is 60.6 cm³/mol. The zero-order valence-corrected chi connectivity index (χ0v) is 9.81. The van der Waals surface area contributed by atoms with Crippen molar-refractivity contribution in [2.24, 2.45) is 0 Å². The summed E-state index contributed by atoms with van der Waals surface area (Å²) in [5.74, 6) is 0. The Bertz CT molecular complexity index is 563. The Hall–Kier alpha value is -0.910. The Morgan fingerprint density at radius 1 is 1.20 bits per heavy atom. The Morgan fingerprint density at radius 3 is 2.40 bits per heavy atom. The van der Waals surface area contributed by atoms with Gasteiger partial charge in [-0.1, -0.05) is 30.3 Å². The average molecular weight is 260 g/mol. The van der Waals surface area contributed by atoms with Gasteiger partial charge in [0.1, 0.15) is 5.01 Å². The lowest BCUT2D eigenvalue weighted by Gasteiger charge is -1.92. The molecule has 6 heteroatoms. The van der Waals surface area contributed by atoms with Crippen LogP contribution in [0.3, 0.4) is 0 Å². The largest absolute Gasteiger partial charge is 0.272 e. The van der Waals surface area contributed by atoms with Crippen molar-refractivity contribution in [3.63, 3.8) is 0 Å². The Balaban J connectivity index is 2.46. The molecule has 0 amide bonds. The number of halogens is 1. The minimum Gasteiger partial charge on any atom is -0.243 e. The molecular weight excluding hydrogens is 254 g/mol. The second-order valence-corrected chi connectivity index (χ2v) is 6.61. The molecule has 0 unspecified atom stereocenters. The van der Waals surface area contributed by atoms with E-state index in [-0.39, 0.29) is 4.21 Å². The molecule has 15 heavy (non-hydrogen) atoms. The third kappa shape index (κ3) is 2.37. The topological polar surface area (TPSA) is 47.0 Å². The van der Waals surface area contributed by atoms with Crippen molar-refractivity contribution in [1.82, 2.24) is 4.98 Å². The van der Waals surface area contributed by atoms with Gasteiger partial charge < -0.3 is 0 Å². The van der Waals surface area contributed by atoms with Gasteiger partial charge in [-0.2, -0.15) is 0 Å². The summed E-state index contributed by atoms with van der Waals surface area (Å²) in [4.78, 5) is 4.01. The second kappa shape index (κ2) is 3.92. The Kier molecular flexibility index (Phi) is 2.77. The van der Waals surface area contributed by atoms with Gasteiger partial charge in [-0.05, 0) is 0 Å². The van der Waals surface area contributed by atoms with Gasteiger partial charge in [-0.25, -0.2) is 13.4 Å². The van der Waals surface area contributed by atoms with E-state index in [1.54, 1.807) is 0 Å². The highest BCUT2D eigenvalue weighted by Gasteiger charge is 2.14. The molecule has 0 aliphatic rings. The van der Waals surface area contributed by atoms with Gasteiger partial charge in [0, 0.05) is 16.2 Å². The minimum absolute atomic E-state index is 0.0722. The molecule has 0 saturated carbocycles. The zero-order chi connectivity index (χ0) is 10.9. The standard InChI is InChI=1S/C9H6ClNO2S2/c10-15(12,13)8-6-11-9(14-8)7-4-2-1-3-5-7/h1-6H. The van der Waals surface area contributed by atoms with Crippen LogP contribution < -0.4 is 0 Å². The molecule has 78 valence electrons. The average Bonchev–Trinajstić information content (AvgIpc) is 2.67. The summed E-state index contributed by atoms with van der Waals surface area (Å²) in [5, 5.41) is 0.648. The molecule has 2 aromatic rings. The SMILES string of the molecule is O=S(=O)(Cl)c1cnc(-c2ccccc2)s1. The molecule has 0 saturated heterocycles. The predicted octanol–water partition coefficient (Wildman–Crippen LogP) is 2.74. The number of nitrogens with zero attached hydrogens (tertiary/aromatic N) is 1. The fourth-order valence-corrected chi connectivity index (χ4v) is 2.96. The first-order valence-corrected chi connectivity index (χ1v) is 7.16. The number of aromatic nitrogens is 1. The van der Waals surface area contributed by atoms with Crippen molar-refractivity contribution in [2.45, 2.75) is 4.21 Å². The van der Waals surface area contributed by atoms with E-state index in [1.165, 1.54) is 6.20 Å². The van der Waals surface area contributed by atoms with Crippen LogP contribution in [-0.4, -0.2) is 13.4 Å². The Labute approximate surface area is 95.8 Å². The van der Waals surface area contributed by atoms with E-state index in [0.717, 1.165) is 16.9 Å². The maximum Gasteiger partial charge on any atom is 0.272 e. The lowest BCUT2D eigenvalue weighted by atomic mass is 10.2. The quantitative estimate of drug-likeness (QED) is 0.779. The van der Waals surface area contributed by atoms with Crippen LogP contribution >= 0.6 is 22.0 Å². The Morgan fingerprint density at radius 2 is 1.87 bits per heavy atom. The van der Waals surface area contributed by atoms with Crippen molar-refractivity contribution >= 4 is 31.1 Å². The van der Waals surface area contributed by atoms with Crippen molar-refractivity contribution in [3.8, 4) is 10.6 Å². The van der Waals surface area contributed by atoms with Gasteiger partial charge in [-0.3, -0.25) is 0 Å². The summed E-state index contributed by atoms with van der Waals surface area (Å²) >= 11 is 1.06. The monoisotopic (exact) mass is 259 g/mol. The van der Waals surface area contributed by atoms with Gasteiger partial charge in [-0.15, -0.1) is 11.3 Å². The van der Waals surface area contributed by atoms with Gasteiger partial charge in [0.25, 0.3) is 9.05 Å². The summed E-state index contributed by atoms with van der Waals surface area (Å²) in [6.45, 7) is 0. The van der Waals surface area contributed by atoms with Crippen LogP contribution in [0.5, 0.6) is 0 Å². The van der Waals surface area contributed by atoms with Gasteiger partial charge >= 0.3 is 0 Å². The van der Waals surface area contributed by atoms with Crippen LogP contribution in [0.2, 0.25) is 0 Å². The van der Waals surface area contributed by atoms with Crippen LogP contribution in [0.25, 0.3) is 10.6 Å². The third-order valence-electron chi connectivity index (χ3n) is 1.75. The van der Waals surface area contributed by atoms with Crippen LogP contribution in [0.4, 0.5) is 0 Å². The molecule has 1 heterocycles. The molecule has 0 aliphatic heterocycles. The van der Waals surface area contributed by atoms with E-state index in [1.807, 2.05) is 30.3 Å². The fourth-order valence-electron chi connectivity index (χ4n) is 1.09. The van der Waals surface area contributed by atoms with Crippen LogP contribution in [-0.2, 0) is 9.05 Å². The molecule has 1 aromatic carbocycles. The number of thiazole rings is 1. The van der Waals surface area contributed by atoms with Crippen molar-refractivity contribution < 1.29 is 8.42 Å². The lowest BCUT2D eigenvalue weighted by molar-refractivity contribution is 0.611. The van der Waals surface area contributed by atoms with Crippen molar-refractivity contribution in [1.29, 1.82) is 0 Å². The van der Waals surface area contributed by atoms with Crippen molar-refractivity contribution in [2.75, 3.05) is 0 Å². The van der Waals surface area contributed by atoms with Gasteiger partial charge in [0.2, 0.25) is 0 Å². The first-order valence-electron chi connectivity index (χ1n) is 4.03. The number of benzene rings is 1. The third-order valence-corrected chi connectivity index (χ3v) is 4.85. The highest BCUT2D eigenvalue weighted by atomic mass is 35.7. The first kappa shape index (κ1) is 10.6. The molecular formula is C9H6ClNO2S2. The van der Waals surface area contributed by atoms with Crippen LogP contribution in [0, 0.1) is 0 Å². The molecule has 2 rings (SSSR count). The van der Waals surface area contributed by atoms with Crippen LogP contribution in [0.1, 0.15) is 0 Å². The molecule has 0 aliphatic carbocycles. The van der Waals surface area contributed by atoms with Crippen LogP contribution in [0.15, 0.2) is 40.7 Å². The molecule has 0 atom stereocenters. The highest BCUT2D eigenvalue weighted by molar-refractivity contribution is 8.15. The molecule has 0 N–H and O–H groups in total. The molecule has 0 bridgehead atoms. The van der Waals surface area contributed by atoms with E-state index in [4.69, 9.17) is 10.7 Å². The maximum absolute atomic E-state index is 11.0. The summed E-state index contributed by atoms with van der Waals surface area (Å²) in [6, 6.07) is 9.35.